The second-order valence-corrected chi connectivity index (χ2v) is 3.88. The van der Waals surface area contributed by atoms with Crippen LogP contribution in [0.3, 0.4) is 0 Å². The van der Waals surface area contributed by atoms with Crippen LogP contribution in [0.2, 0.25) is 0 Å². The molecule has 0 fully saturated rings. The third-order valence-corrected chi connectivity index (χ3v) is 2.76. The fourth-order valence-corrected chi connectivity index (χ4v) is 1.19. The fraction of sp³-hybridized carbons (Fsp3) is 1.00. The quantitative estimate of drug-likeness (QED) is 0.460. The Morgan fingerprint density at radius 2 is 1.62 bits per heavy atom. The Balaban J connectivity index is 4.15. The van der Waals surface area contributed by atoms with Gasteiger partial charge in [-0.1, -0.05) is 13.8 Å². The van der Waals surface area contributed by atoms with Crippen LogP contribution in [0, 0.1) is 11.8 Å². The maximum atomic E-state index is 9.72. The van der Waals surface area contributed by atoms with Gasteiger partial charge in [-0.05, 0) is 25.3 Å². The van der Waals surface area contributed by atoms with Gasteiger partial charge in [-0.3, -0.25) is 0 Å². The van der Waals surface area contributed by atoms with Crippen molar-refractivity contribution in [1.82, 2.24) is 0 Å². The second-order valence-electron chi connectivity index (χ2n) is 3.88. The third-order valence-electron chi connectivity index (χ3n) is 2.76. The molecule has 0 saturated carbocycles. The average molecular weight is 190 g/mol. The predicted molar refractivity (Wildman–Crippen MR) is 53.0 cm³/mol. The van der Waals surface area contributed by atoms with Gasteiger partial charge in [0.25, 0.3) is 0 Å². The molecule has 80 valence electrons. The monoisotopic (exact) mass is 190 g/mol. The van der Waals surface area contributed by atoms with Gasteiger partial charge in [0.15, 0.2) is 0 Å². The largest absolute Gasteiger partial charge is 0.392 e. The first-order chi connectivity index (χ1) is 5.91. The van der Waals surface area contributed by atoms with E-state index in [1.54, 1.807) is 6.92 Å². The molecule has 5 atom stereocenters. The highest BCUT2D eigenvalue weighted by Crippen LogP contribution is 2.17. The maximum Gasteiger partial charge on any atom is 0.0744 e. The lowest BCUT2D eigenvalue weighted by molar-refractivity contribution is 0.0184. The van der Waals surface area contributed by atoms with Crippen molar-refractivity contribution in [3.8, 4) is 0 Å². The van der Waals surface area contributed by atoms with E-state index in [2.05, 4.69) is 0 Å². The van der Waals surface area contributed by atoms with Gasteiger partial charge in [0, 0.05) is 0 Å². The third kappa shape index (κ3) is 3.60. The van der Waals surface area contributed by atoms with E-state index in [1.165, 1.54) is 0 Å². The van der Waals surface area contributed by atoms with E-state index in [4.69, 9.17) is 11.5 Å². The SMILES string of the molecule is CC(O)C(N)C(O)C(C)C(C)CN. The molecule has 4 nitrogen and oxygen atoms in total. The molecule has 0 spiro atoms. The van der Waals surface area contributed by atoms with Gasteiger partial charge in [-0.15, -0.1) is 0 Å². The molecular weight excluding hydrogens is 168 g/mol. The summed E-state index contributed by atoms with van der Waals surface area (Å²) in [7, 11) is 0. The van der Waals surface area contributed by atoms with Crippen molar-refractivity contribution in [1.29, 1.82) is 0 Å². The molecule has 0 bridgehead atoms. The molecule has 0 aromatic heterocycles. The number of aliphatic hydroxyl groups is 2. The summed E-state index contributed by atoms with van der Waals surface area (Å²) >= 11 is 0. The van der Waals surface area contributed by atoms with Gasteiger partial charge in [-0.25, -0.2) is 0 Å². The summed E-state index contributed by atoms with van der Waals surface area (Å²) < 4.78 is 0. The second kappa shape index (κ2) is 5.54. The molecule has 0 radical (unpaired) electrons. The minimum atomic E-state index is -0.696. The Bertz CT molecular complexity index is 142. The smallest absolute Gasteiger partial charge is 0.0744 e. The van der Waals surface area contributed by atoms with Crippen LogP contribution in [0.15, 0.2) is 0 Å². The van der Waals surface area contributed by atoms with Gasteiger partial charge in [-0.2, -0.15) is 0 Å². The molecule has 13 heavy (non-hydrogen) atoms. The summed E-state index contributed by atoms with van der Waals surface area (Å²) in [6, 6.07) is -0.594. The molecule has 0 saturated heterocycles. The van der Waals surface area contributed by atoms with Gasteiger partial charge >= 0.3 is 0 Å². The summed E-state index contributed by atoms with van der Waals surface area (Å²) in [4.78, 5) is 0. The van der Waals surface area contributed by atoms with E-state index in [0.29, 0.717) is 6.54 Å². The van der Waals surface area contributed by atoms with Crippen molar-refractivity contribution in [3.05, 3.63) is 0 Å². The number of hydrogen-bond acceptors (Lipinski definition) is 4. The van der Waals surface area contributed by atoms with E-state index in [1.807, 2.05) is 13.8 Å². The van der Waals surface area contributed by atoms with Crippen molar-refractivity contribution in [3.63, 3.8) is 0 Å². The van der Waals surface area contributed by atoms with Crippen LogP contribution < -0.4 is 11.5 Å². The van der Waals surface area contributed by atoms with Gasteiger partial charge in [0.05, 0.1) is 18.2 Å². The molecule has 0 aromatic carbocycles. The Hall–Kier alpha value is -0.160. The summed E-state index contributed by atoms with van der Waals surface area (Å²) in [6.07, 6.45) is -1.39. The van der Waals surface area contributed by atoms with E-state index in [0.717, 1.165) is 0 Å². The highest BCUT2D eigenvalue weighted by atomic mass is 16.3. The van der Waals surface area contributed by atoms with Crippen LogP contribution in [0.4, 0.5) is 0 Å². The van der Waals surface area contributed by atoms with Crippen molar-refractivity contribution < 1.29 is 10.2 Å². The molecule has 5 unspecified atom stereocenters. The normalized spacial score (nSPS) is 23.3. The van der Waals surface area contributed by atoms with E-state index < -0.39 is 18.2 Å². The lowest BCUT2D eigenvalue weighted by atomic mass is 9.86. The molecule has 0 amide bonds. The molecule has 0 rings (SSSR count). The zero-order chi connectivity index (χ0) is 10.6. The van der Waals surface area contributed by atoms with Crippen molar-refractivity contribution >= 4 is 0 Å². The van der Waals surface area contributed by atoms with Crippen molar-refractivity contribution in [2.75, 3.05) is 6.54 Å². The fourth-order valence-electron chi connectivity index (χ4n) is 1.19. The van der Waals surface area contributed by atoms with Crippen LogP contribution in [-0.4, -0.2) is 35.0 Å². The summed E-state index contributed by atoms with van der Waals surface area (Å²) in [5.74, 6) is 0.217. The zero-order valence-electron chi connectivity index (χ0n) is 8.64. The average Bonchev–Trinajstić information content (AvgIpc) is 2.12. The Morgan fingerprint density at radius 1 is 1.15 bits per heavy atom. The molecule has 0 heterocycles. The highest BCUT2D eigenvalue weighted by molar-refractivity contribution is 4.83. The molecule has 6 N–H and O–H groups in total. The van der Waals surface area contributed by atoms with E-state index >= 15 is 0 Å². The van der Waals surface area contributed by atoms with E-state index in [-0.39, 0.29) is 11.8 Å². The lowest BCUT2D eigenvalue weighted by Gasteiger charge is -2.29. The van der Waals surface area contributed by atoms with Crippen LogP contribution in [0.1, 0.15) is 20.8 Å². The van der Waals surface area contributed by atoms with E-state index in [9.17, 15) is 10.2 Å². The number of hydrogen-bond donors (Lipinski definition) is 4. The maximum absolute atomic E-state index is 9.72. The molecule has 0 aliphatic rings. The minimum Gasteiger partial charge on any atom is -0.392 e. The number of aliphatic hydroxyl groups excluding tert-OH is 2. The standard InChI is InChI=1S/C9H22N2O2/c1-5(4-10)6(2)9(13)8(11)7(3)12/h5-9,12-13H,4,10-11H2,1-3H3. The topological polar surface area (TPSA) is 92.5 Å². The minimum absolute atomic E-state index is 0.00889. The number of nitrogens with two attached hydrogens (primary N) is 2. The van der Waals surface area contributed by atoms with Gasteiger partial charge in [0.1, 0.15) is 0 Å². The Kier molecular flexibility index (Phi) is 5.48. The van der Waals surface area contributed by atoms with Crippen LogP contribution in [-0.2, 0) is 0 Å². The summed E-state index contributed by atoms with van der Waals surface area (Å²) in [5.41, 5.74) is 11.1. The molecule has 4 heteroatoms. The summed E-state index contributed by atoms with van der Waals surface area (Å²) in [6.45, 7) is 5.95. The van der Waals surface area contributed by atoms with Crippen LogP contribution >= 0.6 is 0 Å². The molecule has 0 aromatic rings. The van der Waals surface area contributed by atoms with Gasteiger partial charge in [0.2, 0.25) is 0 Å². The molecular formula is C9H22N2O2. The van der Waals surface area contributed by atoms with Crippen LogP contribution in [0.25, 0.3) is 0 Å². The zero-order valence-corrected chi connectivity index (χ0v) is 8.64. The molecule has 0 aliphatic carbocycles. The van der Waals surface area contributed by atoms with Gasteiger partial charge < -0.3 is 21.7 Å². The first-order valence-electron chi connectivity index (χ1n) is 4.73. The van der Waals surface area contributed by atoms with Crippen molar-refractivity contribution in [2.24, 2.45) is 23.3 Å². The first kappa shape index (κ1) is 12.8. The lowest BCUT2D eigenvalue weighted by Crippen LogP contribution is -2.48. The predicted octanol–water partition coefficient (Wildman–Crippen LogP) is -0.714. The highest BCUT2D eigenvalue weighted by Gasteiger charge is 2.27. The van der Waals surface area contributed by atoms with Crippen LogP contribution in [0.5, 0.6) is 0 Å². The Morgan fingerprint density at radius 3 is 1.92 bits per heavy atom. The van der Waals surface area contributed by atoms with Crippen molar-refractivity contribution in [2.45, 2.75) is 39.0 Å². The summed E-state index contributed by atoms with van der Waals surface area (Å²) in [5, 5.41) is 18.9. The Labute approximate surface area is 79.9 Å². The molecule has 0 aliphatic heterocycles. The number of rotatable bonds is 5. The first-order valence-corrected chi connectivity index (χ1v) is 4.73.